The van der Waals surface area contributed by atoms with Gasteiger partial charge in [-0.1, -0.05) is 54.6 Å². The Morgan fingerprint density at radius 2 is 1.74 bits per heavy atom. The molecule has 3 aromatic carbocycles. The quantitative estimate of drug-likeness (QED) is 0.468. The van der Waals surface area contributed by atoms with Crippen molar-refractivity contribution in [2.24, 2.45) is 0 Å². The molecule has 4 aromatic rings. The van der Waals surface area contributed by atoms with Crippen molar-refractivity contribution in [3.05, 3.63) is 107 Å². The Morgan fingerprint density at radius 1 is 0.914 bits per heavy atom. The van der Waals surface area contributed by atoms with E-state index < -0.39 is 11.0 Å². The summed E-state index contributed by atoms with van der Waals surface area (Å²) in [6.45, 7) is 1.88. The summed E-state index contributed by atoms with van der Waals surface area (Å²) in [6.07, 6.45) is 3.95. The normalized spacial score (nSPS) is 27.2. The van der Waals surface area contributed by atoms with E-state index in [1.54, 1.807) is 6.07 Å². The molecule has 1 aliphatic heterocycles. The maximum absolute atomic E-state index is 12.7. The second-order valence-corrected chi connectivity index (χ2v) is 10.7. The van der Waals surface area contributed by atoms with E-state index in [9.17, 15) is 10.2 Å². The zero-order valence-electron chi connectivity index (χ0n) is 19.8. The minimum Gasteiger partial charge on any atom is -0.508 e. The first-order valence-electron chi connectivity index (χ1n) is 12.8. The van der Waals surface area contributed by atoms with Gasteiger partial charge in [-0.15, -0.1) is 0 Å². The van der Waals surface area contributed by atoms with E-state index in [0.717, 1.165) is 54.5 Å². The number of benzene rings is 3. The van der Waals surface area contributed by atoms with Gasteiger partial charge in [-0.2, -0.15) is 0 Å². The number of hydrogen-bond acceptors (Lipinski definition) is 4. The molecule has 7 rings (SSSR count). The molecule has 4 heteroatoms. The number of likely N-dealkylation sites (tertiary alicyclic amines) is 1. The molecule has 4 nitrogen and oxygen atoms in total. The van der Waals surface area contributed by atoms with Gasteiger partial charge < -0.3 is 10.2 Å². The SMILES string of the molecule is Oc1ccc2c(c1)[C@]13CCN(CCc4ccccc4)[C@H](C2)[C@@]1(O)Cc1cc2ccccc2nc1C3. The van der Waals surface area contributed by atoms with Crippen LogP contribution in [-0.2, 0) is 31.1 Å². The lowest BCUT2D eigenvalue weighted by Gasteiger charge is -2.63. The van der Waals surface area contributed by atoms with Crippen molar-refractivity contribution in [3.8, 4) is 5.75 Å². The Bertz CT molecular complexity index is 1430. The lowest BCUT2D eigenvalue weighted by Crippen LogP contribution is -2.74. The van der Waals surface area contributed by atoms with Gasteiger partial charge in [0.2, 0.25) is 0 Å². The zero-order chi connectivity index (χ0) is 23.6. The van der Waals surface area contributed by atoms with Gasteiger partial charge in [0.1, 0.15) is 5.75 Å². The number of pyridine rings is 1. The number of fused-ring (bicyclic) bond motifs is 3. The lowest BCUT2D eigenvalue weighted by molar-refractivity contribution is -0.151. The number of hydrogen-bond donors (Lipinski definition) is 2. The van der Waals surface area contributed by atoms with Gasteiger partial charge in [0.05, 0.1) is 11.1 Å². The molecule has 0 spiro atoms. The number of para-hydroxylation sites is 1. The lowest BCUT2D eigenvalue weighted by atomic mass is 9.49. The van der Waals surface area contributed by atoms with E-state index in [2.05, 4.69) is 65.6 Å². The molecule has 1 saturated heterocycles. The molecule has 176 valence electrons. The van der Waals surface area contributed by atoms with Crippen LogP contribution in [-0.4, -0.2) is 44.8 Å². The summed E-state index contributed by atoms with van der Waals surface area (Å²) in [7, 11) is 0. The molecule has 3 atom stereocenters. The van der Waals surface area contributed by atoms with Crippen LogP contribution in [0.2, 0.25) is 0 Å². The fourth-order valence-electron chi connectivity index (χ4n) is 7.28. The third-order valence-corrected chi connectivity index (χ3v) is 9.02. The Labute approximate surface area is 205 Å². The van der Waals surface area contributed by atoms with Crippen LogP contribution in [0.5, 0.6) is 5.75 Å². The van der Waals surface area contributed by atoms with Gasteiger partial charge in [0.15, 0.2) is 0 Å². The largest absolute Gasteiger partial charge is 0.508 e. The van der Waals surface area contributed by atoms with Crippen LogP contribution in [0.25, 0.3) is 10.9 Å². The summed E-state index contributed by atoms with van der Waals surface area (Å²) >= 11 is 0. The third-order valence-electron chi connectivity index (χ3n) is 9.02. The molecular weight excluding hydrogens is 432 g/mol. The molecule has 3 aliphatic rings. The number of aromatic nitrogens is 1. The van der Waals surface area contributed by atoms with Gasteiger partial charge >= 0.3 is 0 Å². The van der Waals surface area contributed by atoms with Crippen LogP contribution >= 0.6 is 0 Å². The van der Waals surface area contributed by atoms with Gasteiger partial charge in [-0.25, -0.2) is 0 Å². The number of nitrogens with zero attached hydrogens (tertiary/aromatic N) is 2. The highest BCUT2D eigenvalue weighted by Gasteiger charge is 2.64. The molecule has 2 bridgehead atoms. The van der Waals surface area contributed by atoms with Gasteiger partial charge in [0, 0.05) is 41.9 Å². The highest BCUT2D eigenvalue weighted by Crippen LogP contribution is 2.57. The van der Waals surface area contributed by atoms with Gasteiger partial charge in [0.25, 0.3) is 0 Å². The molecule has 2 aliphatic carbocycles. The average molecular weight is 463 g/mol. The number of aliphatic hydroxyl groups is 1. The second-order valence-electron chi connectivity index (χ2n) is 10.7. The van der Waals surface area contributed by atoms with E-state index in [0.29, 0.717) is 12.8 Å². The number of phenols is 1. The molecular formula is C31H30N2O2. The van der Waals surface area contributed by atoms with Gasteiger partial charge in [-0.05, 0) is 72.3 Å². The van der Waals surface area contributed by atoms with Crippen molar-refractivity contribution in [2.75, 3.05) is 13.1 Å². The Morgan fingerprint density at radius 3 is 2.63 bits per heavy atom. The maximum Gasteiger partial charge on any atom is 0.115 e. The first-order valence-corrected chi connectivity index (χ1v) is 12.8. The summed E-state index contributed by atoms with van der Waals surface area (Å²) < 4.78 is 0. The van der Waals surface area contributed by atoms with Crippen LogP contribution < -0.4 is 0 Å². The zero-order valence-corrected chi connectivity index (χ0v) is 19.8. The predicted octanol–water partition coefficient (Wildman–Crippen LogP) is 4.58. The fourth-order valence-corrected chi connectivity index (χ4v) is 7.28. The van der Waals surface area contributed by atoms with E-state index in [4.69, 9.17) is 4.98 Å². The van der Waals surface area contributed by atoms with E-state index >= 15 is 0 Å². The number of rotatable bonds is 3. The minimum atomic E-state index is -0.903. The fraction of sp³-hybridized carbons (Fsp3) is 0.323. The first kappa shape index (κ1) is 21.1. The Hall–Kier alpha value is -3.21. The molecule has 2 N–H and O–H groups in total. The Balaban J connectivity index is 1.35. The second kappa shape index (κ2) is 7.64. The van der Waals surface area contributed by atoms with Gasteiger partial charge in [-0.3, -0.25) is 9.88 Å². The minimum absolute atomic E-state index is 0.0385. The van der Waals surface area contributed by atoms with Crippen LogP contribution in [0.4, 0.5) is 0 Å². The van der Waals surface area contributed by atoms with Crippen molar-refractivity contribution in [2.45, 2.75) is 49.2 Å². The van der Waals surface area contributed by atoms with E-state index in [1.807, 2.05) is 12.1 Å². The predicted molar refractivity (Wildman–Crippen MR) is 138 cm³/mol. The highest BCUT2D eigenvalue weighted by atomic mass is 16.3. The van der Waals surface area contributed by atoms with Crippen molar-refractivity contribution >= 4 is 10.9 Å². The van der Waals surface area contributed by atoms with E-state index in [-0.39, 0.29) is 11.8 Å². The molecule has 0 radical (unpaired) electrons. The van der Waals surface area contributed by atoms with Crippen molar-refractivity contribution in [3.63, 3.8) is 0 Å². The summed E-state index contributed by atoms with van der Waals surface area (Å²) in [4.78, 5) is 7.61. The number of piperidine rings is 1. The number of phenolic OH excluding ortho intramolecular Hbond substituents is 1. The summed E-state index contributed by atoms with van der Waals surface area (Å²) in [5.74, 6) is 0.280. The van der Waals surface area contributed by atoms with Crippen molar-refractivity contribution in [1.29, 1.82) is 0 Å². The van der Waals surface area contributed by atoms with Crippen molar-refractivity contribution < 1.29 is 10.2 Å². The third kappa shape index (κ3) is 3.10. The van der Waals surface area contributed by atoms with Crippen molar-refractivity contribution in [1.82, 2.24) is 9.88 Å². The number of aromatic hydroxyl groups is 1. The highest BCUT2D eigenvalue weighted by molar-refractivity contribution is 5.79. The summed E-state index contributed by atoms with van der Waals surface area (Å²) in [5, 5.41) is 24.3. The summed E-state index contributed by atoms with van der Waals surface area (Å²) in [6, 6.07) is 27.0. The molecule has 0 amide bonds. The smallest absolute Gasteiger partial charge is 0.115 e. The summed E-state index contributed by atoms with van der Waals surface area (Å²) in [5.41, 5.74) is 5.65. The van der Waals surface area contributed by atoms with Crippen LogP contribution in [0.15, 0.2) is 78.9 Å². The molecule has 0 saturated carbocycles. The topological polar surface area (TPSA) is 56.6 Å². The standard InChI is InChI=1S/C31H30N2O2/c34-25-11-10-22-17-29-31(35)19-24-16-23-8-4-5-9-27(23)32-28(24)20-30(31,26(22)18-25)13-15-33(29)14-12-21-6-2-1-3-7-21/h1-11,16,18,29,34-35H,12-15,17,19-20H2/t29-,30-,31+/m1/s1. The average Bonchev–Trinajstić information content (AvgIpc) is 2.87. The first-order chi connectivity index (χ1) is 17.1. The monoisotopic (exact) mass is 462 g/mol. The van der Waals surface area contributed by atoms with E-state index in [1.165, 1.54) is 16.7 Å². The maximum atomic E-state index is 12.7. The molecule has 1 aromatic heterocycles. The molecule has 0 unspecified atom stereocenters. The molecule has 2 heterocycles. The molecule has 35 heavy (non-hydrogen) atoms. The van der Waals surface area contributed by atoms with Crippen LogP contribution in [0, 0.1) is 0 Å². The van der Waals surface area contributed by atoms with Crippen LogP contribution in [0.1, 0.15) is 34.4 Å². The van der Waals surface area contributed by atoms with Crippen LogP contribution in [0.3, 0.4) is 0 Å². The Kier molecular flexibility index (Phi) is 4.61. The molecule has 1 fully saturated rings.